The Bertz CT molecular complexity index is 383. The molecule has 3 N–H and O–H groups in total. The van der Waals surface area contributed by atoms with Gasteiger partial charge in [-0.2, -0.15) is 0 Å². The molecule has 0 saturated carbocycles. The molecule has 0 radical (unpaired) electrons. The van der Waals surface area contributed by atoms with Crippen molar-refractivity contribution in [2.24, 2.45) is 5.73 Å². The minimum Gasteiger partial charge on any atom is -0.387 e. The van der Waals surface area contributed by atoms with E-state index in [9.17, 15) is 0 Å². The van der Waals surface area contributed by atoms with E-state index in [-0.39, 0.29) is 11.3 Å². The Balaban J connectivity index is 2.38. The molecule has 1 fully saturated rings. The van der Waals surface area contributed by atoms with E-state index < -0.39 is 0 Å². The second-order valence-electron chi connectivity index (χ2n) is 4.12. The second kappa shape index (κ2) is 4.44. The van der Waals surface area contributed by atoms with Crippen molar-refractivity contribution in [1.29, 1.82) is 5.41 Å². The first-order valence-corrected chi connectivity index (χ1v) is 5.71. The van der Waals surface area contributed by atoms with E-state index >= 15 is 0 Å². The topological polar surface area (TPSA) is 59.1 Å². The molecule has 0 amide bonds. The fraction of sp³-hybridized carbons (Fsp3) is 0.417. The molecule has 0 aliphatic carbocycles. The summed E-state index contributed by atoms with van der Waals surface area (Å²) in [5, 5.41) is 8.52. The molecule has 1 aromatic rings. The van der Waals surface area contributed by atoms with Crippen molar-refractivity contribution in [2.45, 2.75) is 18.3 Å². The van der Waals surface area contributed by atoms with Crippen LogP contribution in [0.15, 0.2) is 24.3 Å². The highest BCUT2D eigenvalue weighted by Gasteiger charge is 2.37. The first-order chi connectivity index (χ1) is 7.65. The number of halogens is 1. The van der Waals surface area contributed by atoms with Crippen LogP contribution in [0.3, 0.4) is 0 Å². The van der Waals surface area contributed by atoms with E-state index in [1.807, 2.05) is 24.3 Å². The molecule has 0 atom stereocenters. The summed E-state index contributed by atoms with van der Waals surface area (Å²) in [6.07, 6.45) is 1.54. The van der Waals surface area contributed by atoms with Gasteiger partial charge in [0, 0.05) is 18.2 Å². The Kier molecular flexibility index (Phi) is 3.17. The third-order valence-corrected chi connectivity index (χ3v) is 3.51. The van der Waals surface area contributed by atoms with Crippen molar-refractivity contribution < 1.29 is 4.74 Å². The summed E-state index contributed by atoms with van der Waals surface area (Å²) in [4.78, 5) is 0. The highest BCUT2D eigenvalue weighted by Crippen LogP contribution is 2.35. The molecule has 86 valence electrons. The van der Waals surface area contributed by atoms with E-state index in [4.69, 9.17) is 27.5 Å². The lowest BCUT2D eigenvalue weighted by Crippen LogP contribution is -2.45. The number of nitrogens with two attached hydrogens (primary N) is 1. The smallest absolute Gasteiger partial charge is 0.102 e. The standard InChI is InChI=1S/C12H15ClN2O/c13-10-3-1-9(2-4-10)12(11(14)15)5-7-16-8-6-12/h1-4H,5-8H2,(H3,14,15). The predicted molar refractivity (Wildman–Crippen MR) is 65.1 cm³/mol. The van der Waals surface area contributed by atoms with Crippen LogP contribution in [-0.2, 0) is 10.2 Å². The Hall–Kier alpha value is -1.06. The Labute approximate surface area is 100 Å². The average Bonchev–Trinajstić information content (AvgIpc) is 2.30. The first-order valence-electron chi connectivity index (χ1n) is 5.33. The zero-order valence-corrected chi connectivity index (χ0v) is 9.76. The van der Waals surface area contributed by atoms with Gasteiger partial charge < -0.3 is 10.5 Å². The number of benzene rings is 1. The lowest BCUT2D eigenvalue weighted by atomic mass is 9.73. The maximum absolute atomic E-state index is 7.82. The molecule has 3 nitrogen and oxygen atoms in total. The summed E-state index contributed by atoms with van der Waals surface area (Å²) in [7, 11) is 0. The maximum atomic E-state index is 7.82. The van der Waals surface area contributed by atoms with Gasteiger partial charge in [0.05, 0.1) is 5.41 Å². The zero-order valence-electron chi connectivity index (χ0n) is 9.00. The highest BCUT2D eigenvalue weighted by atomic mass is 35.5. The number of nitrogens with one attached hydrogen (secondary N) is 1. The Morgan fingerprint density at radius 2 is 1.81 bits per heavy atom. The Morgan fingerprint density at radius 3 is 2.31 bits per heavy atom. The monoisotopic (exact) mass is 238 g/mol. The van der Waals surface area contributed by atoms with E-state index in [2.05, 4.69) is 0 Å². The zero-order chi connectivity index (χ0) is 11.6. The lowest BCUT2D eigenvalue weighted by molar-refractivity contribution is 0.0703. The molecule has 1 heterocycles. The van der Waals surface area contributed by atoms with Gasteiger partial charge in [0.15, 0.2) is 0 Å². The number of rotatable bonds is 2. The van der Waals surface area contributed by atoms with Crippen LogP contribution in [0.1, 0.15) is 18.4 Å². The largest absolute Gasteiger partial charge is 0.387 e. The van der Waals surface area contributed by atoms with Crippen molar-refractivity contribution in [2.75, 3.05) is 13.2 Å². The molecule has 2 rings (SSSR count). The molecular formula is C12H15ClN2O. The molecule has 4 heteroatoms. The minimum atomic E-state index is -0.358. The summed E-state index contributed by atoms with van der Waals surface area (Å²) < 4.78 is 5.34. The van der Waals surface area contributed by atoms with Crippen LogP contribution in [0, 0.1) is 5.41 Å². The fourth-order valence-electron chi connectivity index (χ4n) is 2.20. The third kappa shape index (κ3) is 1.93. The van der Waals surface area contributed by atoms with Crippen LogP contribution < -0.4 is 5.73 Å². The molecule has 1 saturated heterocycles. The van der Waals surface area contributed by atoms with Gasteiger partial charge in [-0.3, -0.25) is 5.41 Å². The van der Waals surface area contributed by atoms with Gasteiger partial charge in [-0.15, -0.1) is 0 Å². The highest BCUT2D eigenvalue weighted by molar-refractivity contribution is 6.30. The van der Waals surface area contributed by atoms with Crippen LogP contribution in [0.25, 0.3) is 0 Å². The van der Waals surface area contributed by atoms with Crippen molar-refractivity contribution >= 4 is 17.4 Å². The lowest BCUT2D eigenvalue weighted by Gasteiger charge is -2.36. The van der Waals surface area contributed by atoms with Crippen LogP contribution in [-0.4, -0.2) is 19.0 Å². The third-order valence-electron chi connectivity index (χ3n) is 3.26. The molecule has 0 aromatic heterocycles. The normalized spacial score (nSPS) is 19.3. The van der Waals surface area contributed by atoms with Gasteiger partial charge in [-0.1, -0.05) is 23.7 Å². The molecular weight excluding hydrogens is 224 g/mol. The van der Waals surface area contributed by atoms with Crippen molar-refractivity contribution in [3.63, 3.8) is 0 Å². The maximum Gasteiger partial charge on any atom is 0.102 e. The predicted octanol–water partition coefficient (Wildman–Crippen LogP) is 2.32. The van der Waals surface area contributed by atoms with Gasteiger partial charge in [-0.05, 0) is 30.5 Å². The number of ether oxygens (including phenoxy) is 1. The summed E-state index contributed by atoms with van der Waals surface area (Å²) in [6.45, 7) is 1.31. The molecule has 0 spiro atoms. The molecule has 1 aliphatic rings. The quantitative estimate of drug-likeness (QED) is 0.614. The van der Waals surface area contributed by atoms with Crippen molar-refractivity contribution in [3.05, 3.63) is 34.9 Å². The number of amidine groups is 1. The van der Waals surface area contributed by atoms with Gasteiger partial charge >= 0.3 is 0 Å². The first kappa shape index (κ1) is 11.4. The van der Waals surface area contributed by atoms with Crippen LogP contribution >= 0.6 is 11.6 Å². The minimum absolute atomic E-state index is 0.220. The van der Waals surface area contributed by atoms with Gasteiger partial charge in [-0.25, -0.2) is 0 Å². The van der Waals surface area contributed by atoms with Crippen molar-refractivity contribution in [1.82, 2.24) is 0 Å². The molecule has 1 aliphatic heterocycles. The van der Waals surface area contributed by atoms with E-state index in [0.717, 1.165) is 18.4 Å². The molecule has 0 bridgehead atoms. The number of hydrogen-bond donors (Lipinski definition) is 2. The molecule has 0 unspecified atom stereocenters. The Morgan fingerprint density at radius 1 is 1.25 bits per heavy atom. The summed E-state index contributed by atoms with van der Waals surface area (Å²) in [6, 6.07) is 7.60. The average molecular weight is 239 g/mol. The summed E-state index contributed by atoms with van der Waals surface area (Å²) in [5.41, 5.74) is 6.47. The number of hydrogen-bond acceptors (Lipinski definition) is 2. The van der Waals surface area contributed by atoms with Gasteiger partial charge in [0.2, 0.25) is 0 Å². The summed E-state index contributed by atoms with van der Waals surface area (Å²) in [5.74, 6) is 0.220. The van der Waals surface area contributed by atoms with E-state index in [1.54, 1.807) is 0 Å². The van der Waals surface area contributed by atoms with Gasteiger partial charge in [0.1, 0.15) is 5.84 Å². The molecule has 1 aromatic carbocycles. The second-order valence-corrected chi connectivity index (χ2v) is 4.55. The SMILES string of the molecule is N=C(N)C1(c2ccc(Cl)cc2)CCOCC1. The molecule has 16 heavy (non-hydrogen) atoms. The summed E-state index contributed by atoms with van der Waals surface area (Å²) >= 11 is 5.87. The van der Waals surface area contributed by atoms with Crippen LogP contribution in [0.5, 0.6) is 0 Å². The van der Waals surface area contributed by atoms with Crippen LogP contribution in [0.4, 0.5) is 0 Å². The van der Waals surface area contributed by atoms with Crippen molar-refractivity contribution in [3.8, 4) is 0 Å². The van der Waals surface area contributed by atoms with Gasteiger partial charge in [0.25, 0.3) is 0 Å². The van der Waals surface area contributed by atoms with E-state index in [1.165, 1.54) is 0 Å². The van der Waals surface area contributed by atoms with E-state index in [0.29, 0.717) is 18.2 Å². The van der Waals surface area contributed by atoms with Crippen LogP contribution in [0.2, 0.25) is 5.02 Å². The fourth-order valence-corrected chi connectivity index (χ4v) is 2.33.